The average molecular weight is 745 g/mol. The summed E-state index contributed by atoms with van der Waals surface area (Å²) in [4.78, 5) is 32.4. The molecule has 0 spiro atoms. The standard InChI is InChI=1S/C37H33IN2O5S/c1-5-43-30-19-25(18-29(38)34(30)45-21-24-13-16-26-9-7-8-10-28(26)17-24)20-31-35(41)40-33(27-14-11-22(3)12-15-27)32(36(42)44-6-2)23(4)39-37(40)46-31/h7-20,33H,5-6,21H2,1-4H3/b31-20+/t33-/m0/s1. The number of aryl methyl sites for hydroxylation is 1. The van der Waals surface area contributed by atoms with Crippen molar-refractivity contribution in [3.63, 3.8) is 0 Å². The second-order valence-electron chi connectivity index (χ2n) is 10.9. The fourth-order valence-corrected chi connectivity index (χ4v) is 7.39. The van der Waals surface area contributed by atoms with Gasteiger partial charge in [0.05, 0.1) is 38.6 Å². The van der Waals surface area contributed by atoms with Crippen LogP contribution < -0.4 is 24.4 Å². The minimum atomic E-state index is -0.650. The third kappa shape index (κ3) is 6.39. The van der Waals surface area contributed by atoms with Crippen LogP contribution >= 0.6 is 33.9 Å². The first-order chi connectivity index (χ1) is 22.3. The van der Waals surface area contributed by atoms with Gasteiger partial charge in [-0.25, -0.2) is 9.79 Å². The van der Waals surface area contributed by atoms with Crippen molar-refractivity contribution in [1.29, 1.82) is 0 Å². The lowest BCUT2D eigenvalue weighted by molar-refractivity contribution is -0.139. The number of carbonyl (C=O) groups is 1. The van der Waals surface area contributed by atoms with Gasteiger partial charge in [0.1, 0.15) is 6.61 Å². The highest BCUT2D eigenvalue weighted by atomic mass is 127. The molecule has 9 heteroatoms. The number of nitrogens with zero attached hydrogens (tertiary/aromatic N) is 2. The Morgan fingerprint density at radius 1 is 0.957 bits per heavy atom. The summed E-state index contributed by atoms with van der Waals surface area (Å²) in [5.41, 5.74) is 4.43. The van der Waals surface area contributed by atoms with E-state index in [4.69, 9.17) is 19.2 Å². The molecule has 234 valence electrons. The lowest BCUT2D eigenvalue weighted by Gasteiger charge is -2.24. The Kier molecular flexibility index (Phi) is 9.42. The van der Waals surface area contributed by atoms with Crippen molar-refractivity contribution >= 4 is 56.7 Å². The molecule has 1 aliphatic rings. The zero-order chi connectivity index (χ0) is 32.4. The highest BCUT2D eigenvalue weighted by Gasteiger charge is 2.33. The van der Waals surface area contributed by atoms with Crippen LogP contribution in [0.3, 0.4) is 0 Å². The Morgan fingerprint density at radius 3 is 2.46 bits per heavy atom. The highest BCUT2D eigenvalue weighted by Crippen LogP contribution is 2.36. The van der Waals surface area contributed by atoms with E-state index in [0.29, 0.717) is 45.3 Å². The van der Waals surface area contributed by atoms with E-state index in [1.807, 2.05) is 68.5 Å². The third-order valence-electron chi connectivity index (χ3n) is 7.74. The molecule has 5 aromatic rings. The van der Waals surface area contributed by atoms with E-state index >= 15 is 0 Å². The molecule has 0 unspecified atom stereocenters. The lowest BCUT2D eigenvalue weighted by Crippen LogP contribution is -2.39. The monoisotopic (exact) mass is 744 g/mol. The maximum atomic E-state index is 14.1. The van der Waals surface area contributed by atoms with Gasteiger partial charge in [-0.15, -0.1) is 0 Å². The van der Waals surface area contributed by atoms with Gasteiger partial charge >= 0.3 is 5.97 Å². The Hall–Kier alpha value is -4.22. The van der Waals surface area contributed by atoms with Crippen LogP contribution in [0, 0.1) is 10.5 Å². The molecule has 46 heavy (non-hydrogen) atoms. The van der Waals surface area contributed by atoms with Gasteiger partial charge in [0.2, 0.25) is 0 Å². The Balaban J connectivity index is 1.38. The average Bonchev–Trinajstić information content (AvgIpc) is 3.34. The van der Waals surface area contributed by atoms with Crippen molar-refractivity contribution in [2.75, 3.05) is 13.2 Å². The van der Waals surface area contributed by atoms with E-state index in [1.54, 1.807) is 18.4 Å². The zero-order valence-electron chi connectivity index (χ0n) is 26.0. The van der Waals surface area contributed by atoms with Gasteiger partial charge in [-0.1, -0.05) is 77.6 Å². The van der Waals surface area contributed by atoms with Gasteiger partial charge in [-0.2, -0.15) is 0 Å². The molecule has 0 aliphatic carbocycles. The normalized spacial score (nSPS) is 14.6. The third-order valence-corrected chi connectivity index (χ3v) is 9.52. The van der Waals surface area contributed by atoms with Crippen molar-refractivity contribution in [1.82, 2.24) is 4.57 Å². The molecule has 0 saturated heterocycles. The van der Waals surface area contributed by atoms with E-state index in [0.717, 1.165) is 31.2 Å². The number of rotatable bonds is 9. The van der Waals surface area contributed by atoms with Crippen LogP contribution in [0.1, 0.15) is 49.1 Å². The first-order valence-corrected chi connectivity index (χ1v) is 17.0. The minimum Gasteiger partial charge on any atom is -0.490 e. The quantitative estimate of drug-likeness (QED) is 0.122. The molecule has 1 atom stereocenters. The summed E-state index contributed by atoms with van der Waals surface area (Å²) in [6.07, 6.45) is 1.84. The fourth-order valence-electron chi connectivity index (χ4n) is 5.57. The van der Waals surface area contributed by atoms with Crippen LogP contribution in [0.5, 0.6) is 11.5 Å². The Labute approximate surface area is 284 Å². The molecular weight excluding hydrogens is 711 g/mol. The molecule has 0 N–H and O–H groups in total. The number of hydrogen-bond acceptors (Lipinski definition) is 7. The molecular formula is C37H33IN2O5S. The topological polar surface area (TPSA) is 79.1 Å². The van der Waals surface area contributed by atoms with Crippen molar-refractivity contribution in [2.24, 2.45) is 4.99 Å². The number of benzene rings is 4. The molecule has 4 aromatic carbocycles. The maximum absolute atomic E-state index is 14.1. The van der Waals surface area contributed by atoms with E-state index in [2.05, 4.69) is 52.9 Å². The molecule has 7 nitrogen and oxygen atoms in total. The lowest BCUT2D eigenvalue weighted by atomic mass is 9.95. The molecule has 0 amide bonds. The second kappa shape index (κ2) is 13.6. The van der Waals surface area contributed by atoms with Gasteiger partial charge in [0.25, 0.3) is 5.56 Å². The maximum Gasteiger partial charge on any atom is 0.338 e. The number of allylic oxidation sites excluding steroid dienone is 1. The number of hydrogen-bond donors (Lipinski definition) is 0. The largest absolute Gasteiger partial charge is 0.490 e. The van der Waals surface area contributed by atoms with Gasteiger partial charge in [-0.05, 0) is 102 Å². The van der Waals surface area contributed by atoms with Crippen molar-refractivity contribution in [3.8, 4) is 11.5 Å². The fraction of sp³-hybridized carbons (Fsp3) is 0.216. The van der Waals surface area contributed by atoms with Crippen molar-refractivity contribution in [2.45, 2.75) is 40.3 Å². The van der Waals surface area contributed by atoms with E-state index in [9.17, 15) is 9.59 Å². The number of ether oxygens (including phenoxy) is 3. The summed E-state index contributed by atoms with van der Waals surface area (Å²) in [6, 6.07) is 25.6. The Morgan fingerprint density at radius 2 is 1.72 bits per heavy atom. The molecule has 0 saturated carbocycles. The molecule has 2 heterocycles. The van der Waals surface area contributed by atoms with E-state index in [-0.39, 0.29) is 12.2 Å². The summed E-state index contributed by atoms with van der Waals surface area (Å²) < 4.78 is 20.7. The number of halogens is 1. The minimum absolute atomic E-state index is 0.226. The van der Waals surface area contributed by atoms with Crippen LogP contribution in [0.25, 0.3) is 16.8 Å². The summed E-state index contributed by atoms with van der Waals surface area (Å²) >= 11 is 3.54. The number of fused-ring (bicyclic) bond motifs is 2. The number of thiazole rings is 1. The van der Waals surface area contributed by atoms with Crippen LogP contribution in [0.2, 0.25) is 0 Å². The van der Waals surface area contributed by atoms with Gasteiger partial charge in [0, 0.05) is 0 Å². The zero-order valence-corrected chi connectivity index (χ0v) is 29.0. The first-order valence-electron chi connectivity index (χ1n) is 15.1. The molecule has 6 rings (SSSR count). The van der Waals surface area contributed by atoms with Crippen molar-refractivity contribution < 1.29 is 19.0 Å². The van der Waals surface area contributed by atoms with Crippen molar-refractivity contribution in [3.05, 3.63) is 136 Å². The summed E-state index contributed by atoms with van der Waals surface area (Å²) in [6.45, 7) is 8.56. The van der Waals surface area contributed by atoms with Crippen LogP contribution in [-0.4, -0.2) is 23.8 Å². The molecule has 0 radical (unpaired) electrons. The number of aromatic nitrogens is 1. The molecule has 1 aliphatic heterocycles. The van der Waals surface area contributed by atoms with Crippen LogP contribution in [-0.2, 0) is 16.1 Å². The summed E-state index contributed by atoms with van der Waals surface area (Å²) in [5, 5.41) is 2.34. The molecule has 0 bridgehead atoms. The van der Waals surface area contributed by atoms with Gasteiger partial charge < -0.3 is 14.2 Å². The second-order valence-corrected chi connectivity index (χ2v) is 13.1. The molecule has 1 aromatic heterocycles. The predicted octanol–water partition coefficient (Wildman–Crippen LogP) is 6.84. The predicted molar refractivity (Wildman–Crippen MR) is 190 cm³/mol. The summed E-state index contributed by atoms with van der Waals surface area (Å²) in [7, 11) is 0. The smallest absolute Gasteiger partial charge is 0.338 e. The van der Waals surface area contributed by atoms with E-state index < -0.39 is 12.0 Å². The number of esters is 1. The summed E-state index contributed by atoms with van der Waals surface area (Å²) in [5.74, 6) is 0.786. The highest BCUT2D eigenvalue weighted by molar-refractivity contribution is 14.1. The number of carbonyl (C=O) groups excluding carboxylic acids is 1. The SMILES string of the molecule is CCOC(=O)C1=C(C)N=c2s/c(=C/c3cc(I)c(OCc4ccc5ccccc5c4)c(OCC)c3)c(=O)n2[C@H]1c1ccc(C)cc1. The van der Waals surface area contributed by atoms with Gasteiger partial charge in [0.15, 0.2) is 16.3 Å². The van der Waals surface area contributed by atoms with Crippen LogP contribution in [0.15, 0.2) is 99.9 Å². The van der Waals surface area contributed by atoms with Gasteiger partial charge in [-0.3, -0.25) is 9.36 Å². The van der Waals surface area contributed by atoms with Crippen LogP contribution in [0.4, 0.5) is 0 Å². The first kappa shape index (κ1) is 31.7. The van der Waals surface area contributed by atoms with E-state index in [1.165, 1.54) is 16.7 Å². The Bertz CT molecular complexity index is 2170. The molecule has 0 fully saturated rings.